The molecule has 0 bridgehead atoms. The Morgan fingerprint density at radius 1 is 1.19 bits per heavy atom. The standard InChI is InChI=1S/C18H26O3/c1-12(2)15(19)21-18(13-6-3-4-7-13)14-8-5-9-17(14)10-11-20-16(17)18/h13-14,16H,1,3-11H2,2H3. The van der Waals surface area contributed by atoms with E-state index in [0.717, 1.165) is 6.61 Å². The third-order valence-corrected chi connectivity index (χ3v) is 6.77. The minimum Gasteiger partial charge on any atom is -0.452 e. The van der Waals surface area contributed by atoms with E-state index in [0.29, 0.717) is 22.8 Å². The number of hydrogen-bond donors (Lipinski definition) is 0. The molecule has 4 fully saturated rings. The monoisotopic (exact) mass is 290 g/mol. The smallest absolute Gasteiger partial charge is 0.333 e. The van der Waals surface area contributed by atoms with Gasteiger partial charge in [-0.25, -0.2) is 4.79 Å². The van der Waals surface area contributed by atoms with Gasteiger partial charge in [0.05, 0.1) is 0 Å². The van der Waals surface area contributed by atoms with Gasteiger partial charge in [0.2, 0.25) is 0 Å². The molecular weight excluding hydrogens is 264 g/mol. The summed E-state index contributed by atoms with van der Waals surface area (Å²) < 4.78 is 12.3. The first-order chi connectivity index (χ1) is 10.1. The van der Waals surface area contributed by atoms with E-state index < -0.39 is 0 Å². The zero-order chi connectivity index (χ0) is 14.7. The van der Waals surface area contributed by atoms with Gasteiger partial charge in [-0.2, -0.15) is 0 Å². The highest BCUT2D eigenvalue weighted by Crippen LogP contribution is 2.72. The fourth-order valence-electron chi connectivity index (χ4n) is 6.05. The van der Waals surface area contributed by atoms with Gasteiger partial charge < -0.3 is 9.47 Å². The Balaban J connectivity index is 1.71. The molecule has 0 amide bonds. The van der Waals surface area contributed by atoms with Gasteiger partial charge in [-0.15, -0.1) is 0 Å². The number of carbonyl (C=O) groups is 1. The van der Waals surface area contributed by atoms with Crippen LogP contribution in [0.2, 0.25) is 0 Å². The first-order valence-electron chi connectivity index (χ1n) is 8.62. The zero-order valence-electron chi connectivity index (χ0n) is 13.0. The lowest BCUT2D eigenvalue weighted by molar-refractivity contribution is -0.285. The first-order valence-corrected chi connectivity index (χ1v) is 8.62. The molecule has 3 nitrogen and oxygen atoms in total. The van der Waals surface area contributed by atoms with Crippen molar-refractivity contribution in [2.45, 2.75) is 70.0 Å². The molecule has 4 atom stereocenters. The van der Waals surface area contributed by atoms with Gasteiger partial charge in [0.15, 0.2) is 0 Å². The van der Waals surface area contributed by atoms with Gasteiger partial charge in [-0.1, -0.05) is 25.8 Å². The van der Waals surface area contributed by atoms with Crippen LogP contribution < -0.4 is 0 Å². The molecular formula is C18H26O3. The molecule has 0 aromatic heterocycles. The van der Waals surface area contributed by atoms with E-state index in [-0.39, 0.29) is 17.7 Å². The maximum absolute atomic E-state index is 12.3. The van der Waals surface area contributed by atoms with E-state index in [1.165, 1.54) is 51.4 Å². The van der Waals surface area contributed by atoms with Gasteiger partial charge in [-0.05, 0) is 39.0 Å². The summed E-state index contributed by atoms with van der Waals surface area (Å²) in [7, 11) is 0. The molecule has 4 aliphatic rings. The summed E-state index contributed by atoms with van der Waals surface area (Å²) >= 11 is 0. The number of ether oxygens (including phenoxy) is 2. The van der Waals surface area contributed by atoms with Crippen molar-refractivity contribution in [3.63, 3.8) is 0 Å². The Hall–Kier alpha value is -0.830. The lowest BCUT2D eigenvalue weighted by Crippen LogP contribution is -2.73. The van der Waals surface area contributed by atoms with Crippen LogP contribution in [0.15, 0.2) is 12.2 Å². The van der Waals surface area contributed by atoms with E-state index in [1.807, 2.05) is 0 Å². The Kier molecular flexibility index (Phi) is 3.01. The summed E-state index contributed by atoms with van der Waals surface area (Å²) in [5.74, 6) is 0.821. The fraction of sp³-hybridized carbons (Fsp3) is 0.833. The molecule has 3 heteroatoms. The van der Waals surface area contributed by atoms with Crippen molar-refractivity contribution in [3.8, 4) is 0 Å². The third kappa shape index (κ3) is 1.61. The maximum Gasteiger partial charge on any atom is 0.333 e. The second-order valence-corrected chi connectivity index (χ2v) is 7.68. The molecule has 3 aliphatic carbocycles. The molecule has 4 unspecified atom stereocenters. The lowest BCUT2D eigenvalue weighted by atomic mass is 9.46. The van der Waals surface area contributed by atoms with Crippen LogP contribution in [0, 0.1) is 17.3 Å². The predicted octanol–water partition coefficient (Wildman–Crippen LogP) is 3.62. The largest absolute Gasteiger partial charge is 0.452 e. The average molecular weight is 290 g/mol. The summed E-state index contributed by atoms with van der Waals surface area (Å²) in [4.78, 5) is 12.3. The fourth-order valence-corrected chi connectivity index (χ4v) is 6.05. The van der Waals surface area contributed by atoms with Crippen LogP contribution in [-0.4, -0.2) is 24.3 Å². The van der Waals surface area contributed by atoms with Crippen LogP contribution >= 0.6 is 0 Å². The van der Waals surface area contributed by atoms with Crippen molar-refractivity contribution < 1.29 is 14.3 Å². The molecule has 1 spiro atoms. The number of esters is 1. The zero-order valence-corrected chi connectivity index (χ0v) is 13.0. The third-order valence-electron chi connectivity index (χ3n) is 6.77. The predicted molar refractivity (Wildman–Crippen MR) is 79.7 cm³/mol. The molecule has 1 aliphatic heterocycles. The molecule has 0 radical (unpaired) electrons. The highest BCUT2D eigenvalue weighted by Gasteiger charge is 2.78. The second kappa shape index (κ2) is 4.58. The summed E-state index contributed by atoms with van der Waals surface area (Å²) in [5.41, 5.74) is 0.512. The van der Waals surface area contributed by atoms with E-state index >= 15 is 0 Å². The normalized spacial score (nSPS) is 45.0. The van der Waals surface area contributed by atoms with Gasteiger partial charge in [-0.3, -0.25) is 0 Å². The van der Waals surface area contributed by atoms with Crippen molar-refractivity contribution in [1.82, 2.24) is 0 Å². The van der Waals surface area contributed by atoms with Crippen molar-refractivity contribution >= 4 is 5.97 Å². The quantitative estimate of drug-likeness (QED) is 0.588. The molecule has 0 aromatic carbocycles. The van der Waals surface area contributed by atoms with Crippen LogP contribution in [0.3, 0.4) is 0 Å². The van der Waals surface area contributed by atoms with Crippen LogP contribution in [0.5, 0.6) is 0 Å². The summed E-state index contributed by atoms with van der Waals surface area (Å²) in [6, 6.07) is 0. The minimum absolute atomic E-state index is 0.156. The average Bonchev–Trinajstić information content (AvgIpc) is 3.18. The molecule has 21 heavy (non-hydrogen) atoms. The van der Waals surface area contributed by atoms with Crippen molar-refractivity contribution in [2.24, 2.45) is 17.3 Å². The molecule has 3 saturated carbocycles. The van der Waals surface area contributed by atoms with Crippen molar-refractivity contribution in [2.75, 3.05) is 6.61 Å². The molecule has 0 aromatic rings. The lowest BCUT2D eigenvalue weighted by Gasteiger charge is -2.64. The summed E-state index contributed by atoms with van der Waals surface area (Å²) in [6.07, 6.45) is 9.98. The molecule has 116 valence electrons. The highest BCUT2D eigenvalue weighted by molar-refractivity contribution is 5.87. The summed E-state index contributed by atoms with van der Waals surface area (Å²) in [5, 5.41) is 0. The van der Waals surface area contributed by atoms with Crippen LogP contribution in [0.25, 0.3) is 0 Å². The topological polar surface area (TPSA) is 35.5 Å². The Morgan fingerprint density at radius 3 is 2.67 bits per heavy atom. The Bertz CT molecular complexity index is 455. The molecule has 1 heterocycles. The second-order valence-electron chi connectivity index (χ2n) is 7.68. The molecule has 0 N–H and O–H groups in total. The highest BCUT2D eigenvalue weighted by atomic mass is 16.6. The van der Waals surface area contributed by atoms with E-state index in [4.69, 9.17) is 9.47 Å². The summed E-state index contributed by atoms with van der Waals surface area (Å²) in [6.45, 7) is 6.38. The van der Waals surface area contributed by atoms with Crippen LogP contribution in [0.1, 0.15) is 58.3 Å². The van der Waals surface area contributed by atoms with Gasteiger partial charge in [0.25, 0.3) is 0 Å². The van der Waals surface area contributed by atoms with Crippen LogP contribution in [0.4, 0.5) is 0 Å². The minimum atomic E-state index is -0.334. The molecule has 1 saturated heterocycles. The molecule has 4 rings (SSSR count). The Morgan fingerprint density at radius 2 is 1.95 bits per heavy atom. The maximum atomic E-state index is 12.3. The van der Waals surface area contributed by atoms with E-state index in [2.05, 4.69) is 6.58 Å². The van der Waals surface area contributed by atoms with Gasteiger partial charge in [0, 0.05) is 29.4 Å². The number of rotatable bonds is 3. The number of carbonyl (C=O) groups excluding carboxylic acids is 1. The van der Waals surface area contributed by atoms with E-state index in [1.54, 1.807) is 6.92 Å². The van der Waals surface area contributed by atoms with Crippen molar-refractivity contribution in [3.05, 3.63) is 12.2 Å². The SMILES string of the molecule is C=C(C)C(=O)OC1(C2CCCC2)C2CCCC23CCOC31. The van der Waals surface area contributed by atoms with Gasteiger partial charge >= 0.3 is 5.97 Å². The van der Waals surface area contributed by atoms with Crippen molar-refractivity contribution in [1.29, 1.82) is 0 Å². The van der Waals surface area contributed by atoms with E-state index in [9.17, 15) is 4.79 Å². The van der Waals surface area contributed by atoms with Crippen LogP contribution in [-0.2, 0) is 14.3 Å². The Labute approximate surface area is 127 Å². The number of hydrogen-bond acceptors (Lipinski definition) is 3. The first kappa shape index (κ1) is 13.8. The van der Waals surface area contributed by atoms with Gasteiger partial charge in [0.1, 0.15) is 11.7 Å².